The number of aromatic nitrogens is 3. The summed E-state index contributed by atoms with van der Waals surface area (Å²) < 4.78 is 7.59. The zero-order chi connectivity index (χ0) is 17.4. The van der Waals surface area contributed by atoms with Crippen molar-refractivity contribution in [1.29, 1.82) is 0 Å². The van der Waals surface area contributed by atoms with Crippen LogP contribution < -0.4 is 5.73 Å². The van der Waals surface area contributed by atoms with Crippen LogP contribution in [0.25, 0.3) is 16.9 Å². The minimum atomic E-state index is 0.290. The maximum Gasteiger partial charge on any atom is 0.240 e. The lowest BCUT2D eigenvalue weighted by Gasteiger charge is -2.35. The van der Waals surface area contributed by atoms with Gasteiger partial charge in [0.25, 0.3) is 0 Å². The van der Waals surface area contributed by atoms with Crippen LogP contribution >= 0.6 is 0 Å². The monoisotopic (exact) mass is 337 g/mol. The summed E-state index contributed by atoms with van der Waals surface area (Å²) in [6.07, 6.45) is 0.580. The molecule has 0 unspecified atom stereocenters. The molecule has 0 radical (unpaired) electrons. The first-order chi connectivity index (χ1) is 12.1. The van der Waals surface area contributed by atoms with Crippen LogP contribution in [-0.4, -0.2) is 44.8 Å². The summed E-state index contributed by atoms with van der Waals surface area (Å²) >= 11 is 0. The van der Waals surface area contributed by atoms with Gasteiger partial charge in [-0.2, -0.15) is 4.98 Å². The van der Waals surface area contributed by atoms with Crippen molar-refractivity contribution in [3.63, 3.8) is 0 Å². The molecule has 130 valence electrons. The molecule has 1 aromatic carbocycles. The Hall–Kier alpha value is -2.44. The largest absolute Gasteiger partial charge is 0.373 e. The lowest BCUT2D eigenvalue weighted by atomic mass is 10.1. The van der Waals surface area contributed by atoms with Crippen LogP contribution in [0.15, 0.2) is 42.5 Å². The summed E-state index contributed by atoms with van der Waals surface area (Å²) in [5.74, 6) is 0.291. The van der Waals surface area contributed by atoms with Crippen LogP contribution in [0.2, 0.25) is 0 Å². The quantitative estimate of drug-likeness (QED) is 0.795. The van der Waals surface area contributed by atoms with Gasteiger partial charge in [0.2, 0.25) is 5.95 Å². The van der Waals surface area contributed by atoms with E-state index in [0.717, 1.165) is 36.5 Å². The predicted molar refractivity (Wildman–Crippen MR) is 98.1 cm³/mol. The van der Waals surface area contributed by atoms with Crippen molar-refractivity contribution < 1.29 is 4.74 Å². The van der Waals surface area contributed by atoms with E-state index in [9.17, 15) is 0 Å². The maximum atomic E-state index is 5.81. The average molecular weight is 337 g/mol. The molecular weight excluding hydrogens is 314 g/mol. The third kappa shape index (κ3) is 3.36. The van der Waals surface area contributed by atoms with Crippen molar-refractivity contribution in [1.82, 2.24) is 19.5 Å². The number of fused-ring (bicyclic) bond motifs is 1. The molecule has 0 bridgehead atoms. The molecule has 1 saturated heterocycles. The number of rotatable bonds is 3. The minimum Gasteiger partial charge on any atom is -0.373 e. The normalized spacial score (nSPS) is 21.7. The molecule has 2 N–H and O–H groups in total. The van der Waals surface area contributed by atoms with Gasteiger partial charge in [0.1, 0.15) is 0 Å². The second kappa shape index (κ2) is 6.46. The number of morpholine rings is 1. The van der Waals surface area contributed by atoms with Crippen LogP contribution in [0.3, 0.4) is 0 Å². The SMILES string of the molecule is C[C@@H]1CN(Cc2ccc(-c3cccc4nc(N)nn34)cc2)C[C@H](C)O1. The first kappa shape index (κ1) is 16.1. The molecule has 2 atom stereocenters. The highest BCUT2D eigenvalue weighted by molar-refractivity contribution is 5.63. The standard InChI is InChI=1S/C19H23N5O/c1-13-10-23(11-14(2)25-13)12-15-6-8-16(9-7-15)17-4-3-5-18-21-19(20)22-24(17)18/h3-9,13-14H,10-12H2,1-2H3,(H2,20,22)/t13-,14+. The first-order valence-electron chi connectivity index (χ1n) is 8.67. The predicted octanol–water partition coefficient (Wildman–Crippen LogP) is 2.59. The van der Waals surface area contributed by atoms with Gasteiger partial charge in [0, 0.05) is 25.2 Å². The van der Waals surface area contributed by atoms with Crippen LogP contribution in [0.4, 0.5) is 5.95 Å². The molecular formula is C19H23N5O. The molecule has 3 aromatic rings. The molecule has 4 rings (SSSR count). The zero-order valence-corrected chi connectivity index (χ0v) is 14.6. The van der Waals surface area contributed by atoms with Gasteiger partial charge >= 0.3 is 0 Å². The number of nitrogens with zero attached hydrogens (tertiary/aromatic N) is 4. The average Bonchev–Trinajstić information content (AvgIpc) is 2.95. The van der Waals surface area contributed by atoms with Gasteiger partial charge in [-0.05, 0) is 31.5 Å². The number of benzene rings is 1. The molecule has 1 aliphatic rings. The summed E-state index contributed by atoms with van der Waals surface area (Å²) in [6.45, 7) is 7.17. The number of pyridine rings is 1. The molecule has 6 heteroatoms. The summed E-state index contributed by atoms with van der Waals surface area (Å²) in [4.78, 5) is 6.67. The molecule has 0 aliphatic carbocycles. The van der Waals surface area contributed by atoms with Crippen molar-refractivity contribution in [2.45, 2.75) is 32.6 Å². The highest BCUT2D eigenvalue weighted by Gasteiger charge is 2.22. The molecule has 1 fully saturated rings. The van der Waals surface area contributed by atoms with E-state index in [-0.39, 0.29) is 0 Å². The Balaban J connectivity index is 1.55. The van der Waals surface area contributed by atoms with E-state index in [0.29, 0.717) is 18.2 Å². The van der Waals surface area contributed by atoms with Crippen LogP contribution in [0, 0.1) is 0 Å². The summed E-state index contributed by atoms with van der Waals surface area (Å²) in [7, 11) is 0. The van der Waals surface area contributed by atoms with E-state index in [1.807, 2.05) is 18.2 Å². The van der Waals surface area contributed by atoms with E-state index in [1.165, 1.54) is 5.56 Å². The van der Waals surface area contributed by atoms with Crippen LogP contribution in [0.5, 0.6) is 0 Å². The number of anilines is 1. The Morgan fingerprint density at radius 1 is 1.08 bits per heavy atom. The van der Waals surface area contributed by atoms with E-state index >= 15 is 0 Å². The Labute approximate surface area is 147 Å². The summed E-state index contributed by atoms with van der Waals surface area (Å²) in [6, 6.07) is 14.5. The number of nitrogens with two attached hydrogens (primary N) is 1. The number of ether oxygens (including phenoxy) is 1. The molecule has 0 spiro atoms. The van der Waals surface area contributed by atoms with E-state index in [2.05, 4.69) is 53.1 Å². The van der Waals surface area contributed by atoms with E-state index in [4.69, 9.17) is 10.5 Å². The molecule has 2 aromatic heterocycles. The first-order valence-corrected chi connectivity index (χ1v) is 8.67. The highest BCUT2D eigenvalue weighted by Crippen LogP contribution is 2.22. The summed E-state index contributed by atoms with van der Waals surface area (Å²) in [5, 5.41) is 4.28. The number of hydrogen-bond donors (Lipinski definition) is 1. The zero-order valence-electron chi connectivity index (χ0n) is 14.6. The Morgan fingerprint density at radius 2 is 1.80 bits per heavy atom. The van der Waals surface area contributed by atoms with Crippen molar-refractivity contribution in [3.05, 3.63) is 48.0 Å². The molecule has 6 nitrogen and oxygen atoms in total. The van der Waals surface area contributed by atoms with Crippen molar-refractivity contribution in [2.75, 3.05) is 18.8 Å². The smallest absolute Gasteiger partial charge is 0.240 e. The molecule has 1 aliphatic heterocycles. The highest BCUT2D eigenvalue weighted by atomic mass is 16.5. The lowest BCUT2D eigenvalue weighted by molar-refractivity contribution is -0.0704. The van der Waals surface area contributed by atoms with Gasteiger partial charge in [-0.3, -0.25) is 4.90 Å². The van der Waals surface area contributed by atoms with Crippen LogP contribution in [-0.2, 0) is 11.3 Å². The molecule has 0 saturated carbocycles. The van der Waals surface area contributed by atoms with Gasteiger partial charge < -0.3 is 10.5 Å². The third-order valence-electron chi connectivity index (χ3n) is 4.53. The fourth-order valence-corrected chi connectivity index (χ4v) is 3.59. The lowest BCUT2D eigenvalue weighted by Crippen LogP contribution is -2.44. The minimum absolute atomic E-state index is 0.290. The van der Waals surface area contributed by atoms with Crippen LogP contribution in [0.1, 0.15) is 19.4 Å². The molecule has 0 amide bonds. The fraction of sp³-hybridized carbons (Fsp3) is 0.368. The van der Waals surface area contributed by atoms with Gasteiger partial charge in [-0.1, -0.05) is 30.3 Å². The van der Waals surface area contributed by atoms with Crippen molar-refractivity contribution >= 4 is 11.6 Å². The Kier molecular flexibility index (Phi) is 4.15. The maximum absolute atomic E-state index is 5.81. The van der Waals surface area contributed by atoms with Crippen molar-refractivity contribution in [3.8, 4) is 11.3 Å². The van der Waals surface area contributed by atoms with Gasteiger partial charge in [-0.15, -0.1) is 5.10 Å². The van der Waals surface area contributed by atoms with Crippen molar-refractivity contribution in [2.24, 2.45) is 0 Å². The Bertz CT molecular complexity index is 863. The van der Waals surface area contributed by atoms with Gasteiger partial charge in [-0.25, -0.2) is 4.52 Å². The summed E-state index contributed by atoms with van der Waals surface area (Å²) in [5.41, 5.74) is 9.88. The third-order valence-corrected chi connectivity index (χ3v) is 4.53. The van der Waals surface area contributed by atoms with E-state index < -0.39 is 0 Å². The topological polar surface area (TPSA) is 68.7 Å². The Morgan fingerprint density at radius 3 is 2.52 bits per heavy atom. The molecule has 3 heterocycles. The van der Waals surface area contributed by atoms with E-state index in [1.54, 1.807) is 4.52 Å². The number of hydrogen-bond acceptors (Lipinski definition) is 5. The fourth-order valence-electron chi connectivity index (χ4n) is 3.59. The number of nitrogen functional groups attached to an aromatic ring is 1. The second-order valence-electron chi connectivity index (χ2n) is 6.80. The van der Waals surface area contributed by atoms with Gasteiger partial charge in [0.15, 0.2) is 5.65 Å². The van der Waals surface area contributed by atoms with Gasteiger partial charge in [0.05, 0.1) is 17.9 Å². The second-order valence-corrected chi connectivity index (χ2v) is 6.80. The molecule has 25 heavy (non-hydrogen) atoms.